The highest BCUT2D eigenvalue weighted by atomic mass is 16.3. The van der Waals surface area contributed by atoms with Crippen LogP contribution in [0, 0.1) is 0 Å². The minimum absolute atomic E-state index is 0.0239. The molecule has 6 heteroatoms. The van der Waals surface area contributed by atoms with E-state index in [4.69, 9.17) is 0 Å². The normalized spacial score (nSPS) is 26.1. The molecule has 20 heavy (non-hydrogen) atoms. The molecule has 1 aromatic rings. The van der Waals surface area contributed by atoms with Crippen molar-refractivity contribution >= 4 is 11.8 Å². The number of carbonyl (C=O) groups is 2. The Kier molecular flexibility index (Phi) is 3.31. The van der Waals surface area contributed by atoms with Crippen LogP contribution in [0.25, 0.3) is 0 Å². The molecule has 0 unspecified atom stereocenters. The maximum atomic E-state index is 12.4. The van der Waals surface area contributed by atoms with Crippen molar-refractivity contribution in [2.24, 2.45) is 0 Å². The molecule has 0 aliphatic carbocycles. The number of hydrogen-bond donors (Lipinski definition) is 3. The molecule has 6 nitrogen and oxygen atoms in total. The van der Waals surface area contributed by atoms with Crippen LogP contribution in [-0.2, 0) is 16.0 Å². The van der Waals surface area contributed by atoms with Gasteiger partial charge in [-0.1, -0.05) is 12.1 Å². The van der Waals surface area contributed by atoms with E-state index in [2.05, 4.69) is 10.6 Å². The SMILES string of the molecule is O=C1N[C@@H](Cc2ccc(O)cc2)C(=O)N2CCNC[C@H]12. The van der Waals surface area contributed by atoms with Gasteiger partial charge in [0.05, 0.1) is 0 Å². The van der Waals surface area contributed by atoms with Crippen molar-refractivity contribution in [1.29, 1.82) is 0 Å². The van der Waals surface area contributed by atoms with E-state index in [9.17, 15) is 14.7 Å². The van der Waals surface area contributed by atoms with Crippen molar-refractivity contribution in [2.45, 2.75) is 18.5 Å². The third-order valence-electron chi connectivity index (χ3n) is 3.82. The highest BCUT2D eigenvalue weighted by Crippen LogP contribution is 2.17. The van der Waals surface area contributed by atoms with Gasteiger partial charge < -0.3 is 20.6 Å². The standard InChI is InChI=1S/C14H17N3O3/c18-10-3-1-9(2-4-10)7-11-14(20)17-6-5-15-8-12(17)13(19)16-11/h1-4,11-12,15,18H,5-8H2,(H,16,19)/t11-,12+/m0/s1. The predicted octanol–water partition coefficient (Wildman–Crippen LogP) is -0.766. The second-order valence-corrected chi connectivity index (χ2v) is 5.18. The molecular formula is C14H17N3O3. The van der Waals surface area contributed by atoms with E-state index in [0.29, 0.717) is 19.5 Å². The summed E-state index contributed by atoms with van der Waals surface area (Å²) in [6.07, 6.45) is 0.446. The van der Waals surface area contributed by atoms with Crippen LogP contribution < -0.4 is 10.6 Å². The van der Waals surface area contributed by atoms with Crippen molar-refractivity contribution in [3.8, 4) is 5.75 Å². The summed E-state index contributed by atoms with van der Waals surface area (Å²) in [7, 11) is 0. The van der Waals surface area contributed by atoms with E-state index in [-0.39, 0.29) is 23.6 Å². The molecule has 2 aliphatic heterocycles. The number of carbonyl (C=O) groups excluding carboxylic acids is 2. The fraction of sp³-hybridized carbons (Fsp3) is 0.429. The number of hydrogen-bond acceptors (Lipinski definition) is 4. The van der Waals surface area contributed by atoms with Crippen LogP contribution in [0.15, 0.2) is 24.3 Å². The van der Waals surface area contributed by atoms with Gasteiger partial charge in [0.2, 0.25) is 11.8 Å². The van der Waals surface area contributed by atoms with Gasteiger partial charge in [-0.2, -0.15) is 0 Å². The molecule has 2 heterocycles. The number of nitrogens with one attached hydrogen (secondary N) is 2. The summed E-state index contributed by atoms with van der Waals surface area (Å²) in [5, 5.41) is 15.2. The van der Waals surface area contributed by atoms with Gasteiger partial charge in [0.25, 0.3) is 0 Å². The van der Waals surface area contributed by atoms with Crippen LogP contribution in [0.5, 0.6) is 5.75 Å². The highest BCUT2D eigenvalue weighted by molar-refractivity contribution is 5.97. The van der Waals surface area contributed by atoms with E-state index in [1.807, 2.05) is 0 Å². The third kappa shape index (κ3) is 2.34. The second kappa shape index (κ2) is 5.13. The molecular weight excluding hydrogens is 258 g/mol. The van der Waals surface area contributed by atoms with E-state index in [1.54, 1.807) is 29.2 Å². The maximum Gasteiger partial charge on any atom is 0.246 e. The monoisotopic (exact) mass is 275 g/mol. The fourth-order valence-electron chi connectivity index (χ4n) is 2.74. The first-order chi connectivity index (χ1) is 9.65. The van der Waals surface area contributed by atoms with Gasteiger partial charge in [-0.25, -0.2) is 0 Å². The second-order valence-electron chi connectivity index (χ2n) is 5.18. The molecule has 0 radical (unpaired) electrons. The zero-order chi connectivity index (χ0) is 14.1. The minimum atomic E-state index is -0.513. The number of amides is 2. The van der Waals surface area contributed by atoms with Gasteiger partial charge in [-0.3, -0.25) is 9.59 Å². The Morgan fingerprint density at radius 1 is 1.25 bits per heavy atom. The van der Waals surface area contributed by atoms with Gasteiger partial charge in [0.15, 0.2) is 0 Å². The van der Waals surface area contributed by atoms with Crippen molar-refractivity contribution in [1.82, 2.24) is 15.5 Å². The van der Waals surface area contributed by atoms with Crippen LogP contribution in [0.2, 0.25) is 0 Å². The lowest BCUT2D eigenvalue weighted by Crippen LogP contribution is -2.69. The average molecular weight is 275 g/mol. The summed E-state index contributed by atoms with van der Waals surface area (Å²) in [5.74, 6) is 0.0691. The Labute approximate surface area is 116 Å². The Balaban J connectivity index is 1.75. The lowest BCUT2D eigenvalue weighted by atomic mass is 9.99. The van der Waals surface area contributed by atoms with Gasteiger partial charge in [0.1, 0.15) is 17.8 Å². The number of rotatable bonds is 2. The molecule has 3 N–H and O–H groups in total. The van der Waals surface area contributed by atoms with Crippen molar-refractivity contribution in [3.05, 3.63) is 29.8 Å². The fourth-order valence-corrected chi connectivity index (χ4v) is 2.74. The van der Waals surface area contributed by atoms with E-state index < -0.39 is 6.04 Å². The molecule has 0 saturated carbocycles. The molecule has 3 rings (SSSR count). The molecule has 2 atom stereocenters. The molecule has 0 spiro atoms. The summed E-state index contributed by atoms with van der Waals surface area (Å²) in [6.45, 7) is 1.81. The quantitative estimate of drug-likeness (QED) is 0.662. The van der Waals surface area contributed by atoms with Gasteiger partial charge >= 0.3 is 0 Å². The Morgan fingerprint density at radius 2 is 2.00 bits per heavy atom. The average Bonchev–Trinajstić information content (AvgIpc) is 2.47. The minimum Gasteiger partial charge on any atom is -0.508 e. The third-order valence-corrected chi connectivity index (χ3v) is 3.82. The molecule has 2 aliphatic rings. The molecule has 2 fully saturated rings. The summed E-state index contributed by atoms with van der Waals surface area (Å²) in [4.78, 5) is 26.1. The number of phenols is 1. The van der Waals surface area contributed by atoms with E-state index >= 15 is 0 Å². The van der Waals surface area contributed by atoms with Gasteiger partial charge in [0, 0.05) is 26.1 Å². The number of aromatic hydroxyl groups is 1. The summed E-state index contributed by atoms with van der Waals surface area (Å²) < 4.78 is 0. The van der Waals surface area contributed by atoms with Crippen LogP contribution in [0.1, 0.15) is 5.56 Å². The Hall–Kier alpha value is -2.08. The summed E-state index contributed by atoms with van der Waals surface area (Å²) in [6, 6.07) is 5.79. The molecule has 0 bridgehead atoms. The number of benzene rings is 1. The molecule has 0 aromatic heterocycles. The Morgan fingerprint density at radius 3 is 2.75 bits per heavy atom. The van der Waals surface area contributed by atoms with Crippen LogP contribution >= 0.6 is 0 Å². The number of nitrogens with zero attached hydrogens (tertiary/aromatic N) is 1. The zero-order valence-electron chi connectivity index (χ0n) is 11.0. The first-order valence-corrected chi connectivity index (χ1v) is 6.74. The predicted molar refractivity (Wildman–Crippen MR) is 72.1 cm³/mol. The van der Waals surface area contributed by atoms with Crippen LogP contribution in [-0.4, -0.2) is 53.5 Å². The summed E-state index contributed by atoms with van der Waals surface area (Å²) in [5.41, 5.74) is 0.912. The molecule has 2 saturated heterocycles. The van der Waals surface area contributed by atoms with E-state index in [1.165, 1.54) is 0 Å². The largest absolute Gasteiger partial charge is 0.508 e. The molecule has 2 amide bonds. The van der Waals surface area contributed by atoms with Crippen LogP contribution in [0.3, 0.4) is 0 Å². The van der Waals surface area contributed by atoms with Crippen molar-refractivity contribution in [3.63, 3.8) is 0 Å². The van der Waals surface area contributed by atoms with Crippen molar-refractivity contribution in [2.75, 3.05) is 19.6 Å². The molecule has 1 aromatic carbocycles. The molecule has 106 valence electrons. The van der Waals surface area contributed by atoms with E-state index in [0.717, 1.165) is 12.1 Å². The van der Waals surface area contributed by atoms with Gasteiger partial charge in [-0.05, 0) is 17.7 Å². The first kappa shape index (κ1) is 12.9. The van der Waals surface area contributed by atoms with Crippen molar-refractivity contribution < 1.29 is 14.7 Å². The first-order valence-electron chi connectivity index (χ1n) is 6.74. The number of piperazine rings is 2. The lowest BCUT2D eigenvalue weighted by Gasteiger charge is -2.41. The zero-order valence-corrected chi connectivity index (χ0v) is 11.0. The number of fused-ring (bicyclic) bond motifs is 1. The Bertz CT molecular complexity index is 529. The summed E-state index contributed by atoms with van der Waals surface area (Å²) >= 11 is 0. The maximum absolute atomic E-state index is 12.4. The topological polar surface area (TPSA) is 81.7 Å². The van der Waals surface area contributed by atoms with Gasteiger partial charge in [-0.15, -0.1) is 0 Å². The van der Waals surface area contributed by atoms with Crippen LogP contribution in [0.4, 0.5) is 0 Å². The smallest absolute Gasteiger partial charge is 0.246 e. The number of phenolic OH excluding ortho intramolecular Hbond substituents is 1. The highest BCUT2D eigenvalue weighted by Gasteiger charge is 2.41. The lowest BCUT2D eigenvalue weighted by molar-refractivity contribution is -0.150.